The lowest BCUT2D eigenvalue weighted by molar-refractivity contribution is -0.117. The van der Waals surface area contributed by atoms with E-state index >= 15 is 0 Å². The molecule has 0 fully saturated rings. The number of nitrogens with zero attached hydrogens (tertiary/aromatic N) is 1. The van der Waals surface area contributed by atoms with Crippen LogP contribution in [-0.4, -0.2) is 35.7 Å². The Hall–Kier alpha value is -3.15. The lowest BCUT2D eigenvalue weighted by atomic mass is 10.1. The van der Waals surface area contributed by atoms with Gasteiger partial charge < -0.3 is 15.5 Å². The monoisotopic (exact) mass is 379 g/mol. The average Bonchev–Trinajstić information content (AvgIpc) is 3.14. The maximum atomic E-state index is 12.8. The van der Waals surface area contributed by atoms with Gasteiger partial charge in [0.1, 0.15) is 6.54 Å². The molecule has 28 heavy (non-hydrogen) atoms. The topological polar surface area (TPSA) is 78.5 Å². The van der Waals surface area contributed by atoms with Crippen molar-refractivity contribution in [2.75, 3.05) is 23.7 Å². The minimum atomic E-state index is -0.261. The van der Waals surface area contributed by atoms with Crippen LogP contribution in [0.4, 0.5) is 11.4 Å². The Morgan fingerprint density at radius 3 is 2.21 bits per heavy atom. The molecule has 0 atom stereocenters. The van der Waals surface area contributed by atoms with Crippen molar-refractivity contribution >= 4 is 29.1 Å². The van der Waals surface area contributed by atoms with Gasteiger partial charge in [-0.25, -0.2) is 0 Å². The standard InChI is InChI=1S/C22H25N3O3/c1-3-25(22(28)18-8-7-16-5-4-6-17(16)13-18)14-21(27)24-20-11-9-19(10-12-20)23-15(2)26/h7-13H,3-6,14H2,1-2H3,(H,23,26)(H,24,27). The van der Waals surface area contributed by atoms with Crippen molar-refractivity contribution in [1.82, 2.24) is 4.90 Å². The Morgan fingerprint density at radius 1 is 0.929 bits per heavy atom. The van der Waals surface area contributed by atoms with Crippen molar-refractivity contribution in [3.05, 3.63) is 59.2 Å². The van der Waals surface area contributed by atoms with Gasteiger partial charge in [0.25, 0.3) is 5.91 Å². The first-order valence-corrected chi connectivity index (χ1v) is 9.55. The van der Waals surface area contributed by atoms with Crippen LogP contribution < -0.4 is 10.6 Å². The highest BCUT2D eigenvalue weighted by Gasteiger charge is 2.20. The second-order valence-electron chi connectivity index (χ2n) is 6.96. The smallest absolute Gasteiger partial charge is 0.254 e. The van der Waals surface area contributed by atoms with E-state index in [0.717, 1.165) is 19.3 Å². The number of carbonyl (C=O) groups is 3. The van der Waals surface area contributed by atoms with Gasteiger partial charge in [-0.2, -0.15) is 0 Å². The number of hydrogen-bond donors (Lipinski definition) is 2. The molecule has 6 nitrogen and oxygen atoms in total. The van der Waals surface area contributed by atoms with E-state index in [1.54, 1.807) is 24.3 Å². The Bertz CT molecular complexity index is 890. The molecule has 146 valence electrons. The van der Waals surface area contributed by atoms with Gasteiger partial charge in [-0.05, 0) is 73.7 Å². The summed E-state index contributed by atoms with van der Waals surface area (Å²) in [5.41, 5.74) is 4.47. The summed E-state index contributed by atoms with van der Waals surface area (Å²) in [5.74, 6) is -0.544. The van der Waals surface area contributed by atoms with E-state index < -0.39 is 0 Å². The summed E-state index contributed by atoms with van der Waals surface area (Å²) < 4.78 is 0. The third-order valence-electron chi connectivity index (χ3n) is 4.84. The van der Waals surface area contributed by atoms with Crippen LogP contribution in [-0.2, 0) is 22.4 Å². The minimum absolute atomic E-state index is 0.0140. The van der Waals surface area contributed by atoms with E-state index in [1.165, 1.54) is 23.0 Å². The summed E-state index contributed by atoms with van der Waals surface area (Å²) in [6, 6.07) is 12.7. The summed E-state index contributed by atoms with van der Waals surface area (Å²) >= 11 is 0. The van der Waals surface area contributed by atoms with Gasteiger partial charge in [-0.3, -0.25) is 14.4 Å². The van der Waals surface area contributed by atoms with Crippen molar-refractivity contribution < 1.29 is 14.4 Å². The molecular formula is C22H25N3O3. The maximum absolute atomic E-state index is 12.8. The molecule has 3 amide bonds. The van der Waals surface area contributed by atoms with E-state index in [0.29, 0.717) is 23.5 Å². The molecule has 2 aromatic rings. The molecule has 0 bridgehead atoms. The zero-order chi connectivity index (χ0) is 20.1. The second-order valence-corrected chi connectivity index (χ2v) is 6.96. The van der Waals surface area contributed by atoms with Crippen molar-refractivity contribution in [3.63, 3.8) is 0 Å². The normalized spacial score (nSPS) is 12.2. The first-order chi connectivity index (χ1) is 13.5. The third-order valence-corrected chi connectivity index (χ3v) is 4.84. The third kappa shape index (κ3) is 4.76. The van der Waals surface area contributed by atoms with E-state index in [9.17, 15) is 14.4 Å². The van der Waals surface area contributed by atoms with Gasteiger partial charge in [-0.15, -0.1) is 0 Å². The summed E-state index contributed by atoms with van der Waals surface area (Å²) in [6.07, 6.45) is 3.22. The van der Waals surface area contributed by atoms with Gasteiger partial charge >= 0.3 is 0 Å². The average molecular weight is 379 g/mol. The molecule has 2 N–H and O–H groups in total. The second kappa shape index (κ2) is 8.69. The molecule has 0 radical (unpaired) electrons. The Labute approximate surface area is 164 Å². The van der Waals surface area contributed by atoms with Crippen LogP contribution in [0, 0.1) is 0 Å². The minimum Gasteiger partial charge on any atom is -0.330 e. The molecule has 1 aliphatic rings. The largest absolute Gasteiger partial charge is 0.330 e. The summed E-state index contributed by atoms with van der Waals surface area (Å²) in [5, 5.41) is 5.46. The number of rotatable bonds is 6. The molecule has 0 aromatic heterocycles. The molecule has 6 heteroatoms. The Balaban J connectivity index is 1.61. The van der Waals surface area contributed by atoms with Crippen LogP contribution in [0.2, 0.25) is 0 Å². The Kier molecular flexibility index (Phi) is 6.09. The molecule has 0 heterocycles. The van der Waals surface area contributed by atoms with Crippen LogP contribution in [0.1, 0.15) is 41.8 Å². The Morgan fingerprint density at radius 2 is 1.57 bits per heavy atom. The van der Waals surface area contributed by atoms with Gasteiger partial charge in [-0.1, -0.05) is 6.07 Å². The number of likely N-dealkylation sites (N-methyl/N-ethyl adjacent to an activating group) is 1. The molecule has 0 saturated heterocycles. The zero-order valence-corrected chi connectivity index (χ0v) is 16.2. The van der Waals surface area contributed by atoms with E-state index in [2.05, 4.69) is 10.6 Å². The number of carbonyl (C=O) groups excluding carboxylic acids is 3. The lowest BCUT2D eigenvalue weighted by Crippen LogP contribution is -2.37. The highest BCUT2D eigenvalue weighted by molar-refractivity contribution is 5.99. The number of anilines is 2. The van der Waals surface area contributed by atoms with Crippen molar-refractivity contribution in [1.29, 1.82) is 0 Å². The number of aryl methyl sites for hydroxylation is 2. The SMILES string of the molecule is CCN(CC(=O)Nc1ccc(NC(C)=O)cc1)C(=O)c1ccc2c(c1)CCC2. The molecule has 2 aromatic carbocycles. The first-order valence-electron chi connectivity index (χ1n) is 9.55. The summed E-state index contributed by atoms with van der Waals surface area (Å²) in [7, 11) is 0. The lowest BCUT2D eigenvalue weighted by Gasteiger charge is -2.21. The molecule has 0 aliphatic heterocycles. The van der Waals surface area contributed by atoms with Crippen LogP contribution in [0.5, 0.6) is 0 Å². The molecule has 1 aliphatic carbocycles. The predicted molar refractivity (Wildman–Crippen MR) is 109 cm³/mol. The highest BCUT2D eigenvalue weighted by atomic mass is 16.2. The number of benzene rings is 2. The van der Waals surface area contributed by atoms with Crippen LogP contribution in [0.15, 0.2) is 42.5 Å². The van der Waals surface area contributed by atoms with Gasteiger partial charge in [0.2, 0.25) is 11.8 Å². The van der Waals surface area contributed by atoms with Crippen molar-refractivity contribution in [3.8, 4) is 0 Å². The molecule has 0 spiro atoms. The van der Waals surface area contributed by atoms with Gasteiger partial charge in [0, 0.05) is 30.4 Å². The van der Waals surface area contributed by atoms with Gasteiger partial charge in [0.15, 0.2) is 0 Å². The predicted octanol–water partition coefficient (Wildman–Crippen LogP) is 3.23. The fourth-order valence-corrected chi connectivity index (χ4v) is 3.43. The fraction of sp³-hybridized carbons (Fsp3) is 0.318. The number of fused-ring (bicyclic) bond motifs is 1. The summed E-state index contributed by atoms with van der Waals surface area (Å²) in [4.78, 5) is 37.8. The first kappa shape index (κ1) is 19.6. The number of nitrogens with one attached hydrogen (secondary N) is 2. The quantitative estimate of drug-likeness (QED) is 0.809. The van der Waals surface area contributed by atoms with Crippen LogP contribution >= 0.6 is 0 Å². The van der Waals surface area contributed by atoms with Crippen molar-refractivity contribution in [2.45, 2.75) is 33.1 Å². The van der Waals surface area contributed by atoms with Crippen LogP contribution in [0.3, 0.4) is 0 Å². The van der Waals surface area contributed by atoms with Crippen molar-refractivity contribution in [2.24, 2.45) is 0 Å². The zero-order valence-electron chi connectivity index (χ0n) is 16.2. The fourth-order valence-electron chi connectivity index (χ4n) is 3.43. The molecule has 0 saturated carbocycles. The highest BCUT2D eigenvalue weighted by Crippen LogP contribution is 2.23. The number of amides is 3. The maximum Gasteiger partial charge on any atom is 0.254 e. The molecular weight excluding hydrogens is 354 g/mol. The molecule has 3 rings (SSSR count). The van der Waals surface area contributed by atoms with Crippen LogP contribution in [0.25, 0.3) is 0 Å². The summed E-state index contributed by atoms with van der Waals surface area (Å²) in [6.45, 7) is 3.73. The van der Waals surface area contributed by atoms with E-state index in [4.69, 9.17) is 0 Å². The van der Waals surface area contributed by atoms with Gasteiger partial charge in [0.05, 0.1) is 0 Å². The van der Waals surface area contributed by atoms with E-state index in [1.807, 2.05) is 25.1 Å². The molecule has 0 unspecified atom stereocenters. The van der Waals surface area contributed by atoms with E-state index in [-0.39, 0.29) is 24.3 Å². The number of hydrogen-bond acceptors (Lipinski definition) is 3.